The summed E-state index contributed by atoms with van der Waals surface area (Å²) in [5.74, 6) is -0.994. The van der Waals surface area contributed by atoms with E-state index in [-0.39, 0.29) is 30.8 Å². The summed E-state index contributed by atoms with van der Waals surface area (Å²) in [5, 5.41) is 2.23. The second-order valence-corrected chi connectivity index (χ2v) is 5.53. The number of nitrogens with two attached hydrogens (primary N) is 1. The van der Waals surface area contributed by atoms with Gasteiger partial charge in [-0.1, -0.05) is 13.8 Å². The first-order chi connectivity index (χ1) is 8.16. The number of imide groups is 1. The van der Waals surface area contributed by atoms with Crippen molar-refractivity contribution in [3.63, 3.8) is 0 Å². The highest BCUT2D eigenvalue weighted by Gasteiger charge is 2.43. The molecule has 3 N–H and O–H groups in total. The first-order valence-corrected chi connectivity index (χ1v) is 6.06. The van der Waals surface area contributed by atoms with Crippen molar-refractivity contribution in [3.8, 4) is 0 Å². The van der Waals surface area contributed by atoms with Gasteiger partial charge in [0.05, 0.1) is 0 Å². The number of nitrogens with zero attached hydrogens (tertiary/aromatic N) is 1. The van der Waals surface area contributed by atoms with Crippen LogP contribution in [0, 0.1) is 5.92 Å². The summed E-state index contributed by atoms with van der Waals surface area (Å²) in [6.07, 6.45) is 0.141. The van der Waals surface area contributed by atoms with Crippen LogP contribution in [0.25, 0.3) is 0 Å². The number of hydrogen-bond acceptors (Lipinski definition) is 4. The summed E-state index contributed by atoms with van der Waals surface area (Å²) in [6, 6.07) is -0.270. The summed E-state index contributed by atoms with van der Waals surface area (Å²) in [4.78, 5) is 36.5. The molecule has 3 amide bonds. The molecule has 1 aliphatic heterocycles. The zero-order chi connectivity index (χ0) is 14.1. The van der Waals surface area contributed by atoms with Gasteiger partial charge in [-0.15, -0.1) is 0 Å². The molecule has 0 aromatic rings. The molecule has 18 heavy (non-hydrogen) atoms. The highest BCUT2D eigenvalue weighted by atomic mass is 16.2. The van der Waals surface area contributed by atoms with Crippen molar-refractivity contribution in [1.82, 2.24) is 10.2 Å². The van der Waals surface area contributed by atoms with Crippen LogP contribution in [0.2, 0.25) is 0 Å². The van der Waals surface area contributed by atoms with Gasteiger partial charge < -0.3 is 10.6 Å². The lowest BCUT2D eigenvalue weighted by Gasteiger charge is -2.40. The lowest BCUT2D eigenvalue weighted by atomic mass is 9.95. The Morgan fingerprint density at radius 1 is 1.44 bits per heavy atom. The monoisotopic (exact) mass is 255 g/mol. The van der Waals surface area contributed by atoms with Crippen LogP contribution in [0.1, 0.15) is 34.1 Å². The summed E-state index contributed by atoms with van der Waals surface area (Å²) in [7, 11) is 0. The van der Waals surface area contributed by atoms with Crippen LogP contribution in [0.5, 0.6) is 0 Å². The first kappa shape index (κ1) is 14.6. The Kier molecular flexibility index (Phi) is 4.11. The Hall–Kier alpha value is -1.43. The number of hydrogen-bond donors (Lipinski definition) is 2. The van der Waals surface area contributed by atoms with Gasteiger partial charge in [-0.2, -0.15) is 0 Å². The predicted molar refractivity (Wildman–Crippen MR) is 66.4 cm³/mol. The lowest BCUT2D eigenvalue weighted by Crippen LogP contribution is -2.65. The van der Waals surface area contributed by atoms with Crippen molar-refractivity contribution >= 4 is 17.7 Å². The highest BCUT2D eigenvalue weighted by Crippen LogP contribution is 2.20. The van der Waals surface area contributed by atoms with Crippen LogP contribution in [0.15, 0.2) is 0 Å². The Labute approximate surface area is 107 Å². The van der Waals surface area contributed by atoms with Gasteiger partial charge in [-0.05, 0) is 19.8 Å². The zero-order valence-electron chi connectivity index (χ0n) is 11.3. The summed E-state index contributed by atoms with van der Waals surface area (Å²) >= 11 is 0. The molecule has 6 nitrogen and oxygen atoms in total. The highest BCUT2D eigenvalue weighted by molar-refractivity contribution is 6.06. The molecule has 0 radical (unpaired) electrons. The van der Waals surface area contributed by atoms with E-state index in [2.05, 4.69) is 5.32 Å². The molecular weight excluding hydrogens is 234 g/mol. The maximum Gasteiger partial charge on any atom is 0.252 e. The van der Waals surface area contributed by atoms with Crippen LogP contribution in [0.4, 0.5) is 0 Å². The molecule has 102 valence electrons. The minimum atomic E-state index is -1.01. The molecular formula is C12H21N3O3. The van der Waals surface area contributed by atoms with E-state index in [9.17, 15) is 14.4 Å². The average molecular weight is 255 g/mol. The molecule has 0 aliphatic carbocycles. The third-order valence-electron chi connectivity index (χ3n) is 3.35. The third-order valence-corrected chi connectivity index (χ3v) is 3.35. The van der Waals surface area contributed by atoms with E-state index in [1.54, 1.807) is 13.8 Å². The van der Waals surface area contributed by atoms with Gasteiger partial charge in [0.15, 0.2) is 0 Å². The lowest BCUT2D eigenvalue weighted by molar-refractivity contribution is -0.155. The topological polar surface area (TPSA) is 92.5 Å². The Bertz CT molecular complexity index is 377. The first-order valence-electron chi connectivity index (χ1n) is 6.06. The van der Waals surface area contributed by atoms with Gasteiger partial charge in [0.2, 0.25) is 11.8 Å². The zero-order valence-corrected chi connectivity index (χ0v) is 11.3. The standard InChI is InChI=1S/C12H21N3O3/c1-7(2)8(13)5-10(17)15-6-9(16)14-11(18)12(15,3)4/h7-8H,5-6,13H2,1-4H3,(H,14,16,18). The molecule has 1 fully saturated rings. The Morgan fingerprint density at radius 2 is 2.00 bits per heavy atom. The van der Waals surface area contributed by atoms with Gasteiger partial charge in [0.1, 0.15) is 12.1 Å². The summed E-state index contributed by atoms with van der Waals surface area (Å²) in [5.41, 5.74) is 4.84. The van der Waals surface area contributed by atoms with Crippen LogP contribution >= 0.6 is 0 Å². The molecule has 1 rings (SSSR count). The predicted octanol–water partition coefficient (Wildman–Crippen LogP) is -0.377. The maximum absolute atomic E-state index is 12.1. The number of carbonyl (C=O) groups is 3. The third kappa shape index (κ3) is 2.87. The molecule has 0 bridgehead atoms. The second-order valence-electron chi connectivity index (χ2n) is 5.53. The number of piperazine rings is 1. The minimum absolute atomic E-state index is 0.0949. The summed E-state index contributed by atoms with van der Waals surface area (Å²) < 4.78 is 0. The van der Waals surface area contributed by atoms with Crippen LogP contribution in [-0.2, 0) is 14.4 Å². The SMILES string of the molecule is CC(C)C(N)CC(=O)N1CC(=O)NC(=O)C1(C)C. The van der Waals surface area contributed by atoms with Crippen molar-refractivity contribution < 1.29 is 14.4 Å². The molecule has 1 heterocycles. The quantitative estimate of drug-likeness (QED) is 0.673. The van der Waals surface area contributed by atoms with E-state index in [0.29, 0.717) is 0 Å². The van der Waals surface area contributed by atoms with Crippen molar-refractivity contribution in [3.05, 3.63) is 0 Å². The van der Waals surface area contributed by atoms with E-state index < -0.39 is 17.4 Å². The average Bonchev–Trinajstić information content (AvgIpc) is 2.23. The smallest absolute Gasteiger partial charge is 0.252 e. The van der Waals surface area contributed by atoms with Gasteiger partial charge in [-0.3, -0.25) is 19.7 Å². The molecule has 0 spiro atoms. The molecule has 1 saturated heterocycles. The number of rotatable bonds is 3. The van der Waals surface area contributed by atoms with Crippen molar-refractivity contribution in [2.24, 2.45) is 11.7 Å². The molecule has 0 aromatic heterocycles. The van der Waals surface area contributed by atoms with Crippen molar-refractivity contribution in [2.75, 3.05) is 6.54 Å². The van der Waals surface area contributed by atoms with E-state index in [0.717, 1.165) is 0 Å². The van der Waals surface area contributed by atoms with Gasteiger partial charge >= 0.3 is 0 Å². The van der Waals surface area contributed by atoms with Crippen LogP contribution in [-0.4, -0.2) is 40.7 Å². The van der Waals surface area contributed by atoms with Gasteiger partial charge in [-0.25, -0.2) is 0 Å². The Morgan fingerprint density at radius 3 is 2.50 bits per heavy atom. The molecule has 1 atom stereocenters. The Balaban J connectivity index is 2.82. The van der Waals surface area contributed by atoms with E-state index >= 15 is 0 Å². The van der Waals surface area contributed by atoms with E-state index in [1.165, 1.54) is 4.90 Å². The fourth-order valence-electron chi connectivity index (χ4n) is 1.73. The summed E-state index contributed by atoms with van der Waals surface area (Å²) in [6.45, 7) is 7.00. The largest absolute Gasteiger partial charge is 0.327 e. The van der Waals surface area contributed by atoms with Gasteiger partial charge in [0.25, 0.3) is 5.91 Å². The maximum atomic E-state index is 12.1. The van der Waals surface area contributed by atoms with Gasteiger partial charge in [0, 0.05) is 12.5 Å². The minimum Gasteiger partial charge on any atom is -0.327 e. The number of nitrogens with one attached hydrogen (secondary N) is 1. The van der Waals surface area contributed by atoms with E-state index in [1.807, 2.05) is 13.8 Å². The van der Waals surface area contributed by atoms with Crippen LogP contribution < -0.4 is 11.1 Å². The normalized spacial score (nSPS) is 20.9. The van der Waals surface area contributed by atoms with Crippen molar-refractivity contribution in [2.45, 2.75) is 45.7 Å². The molecule has 6 heteroatoms. The molecule has 0 saturated carbocycles. The molecule has 1 unspecified atom stereocenters. The number of amides is 3. The fourth-order valence-corrected chi connectivity index (χ4v) is 1.73. The number of carbonyl (C=O) groups excluding carboxylic acids is 3. The molecule has 0 aromatic carbocycles. The van der Waals surface area contributed by atoms with E-state index in [4.69, 9.17) is 5.73 Å². The fraction of sp³-hybridized carbons (Fsp3) is 0.750. The van der Waals surface area contributed by atoms with Crippen LogP contribution in [0.3, 0.4) is 0 Å². The van der Waals surface area contributed by atoms with Crippen molar-refractivity contribution in [1.29, 1.82) is 0 Å². The second kappa shape index (κ2) is 5.06. The molecule has 1 aliphatic rings.